The summed E-state index contributed by atoms with van der Waals surface area (Å²) in [5.74, 6) is -1.04. The summed E-state index contributed by atoms with van der Waals surface area (Å²) in [6.45, 7) is 6.55. The molecule has 0 aliphatic heterocycles. The Balaban J connectivity index is 2.18. The van der Waals surface area contributed by atoms with E-state index in [4.69, 9.17) is 0 Å². The van der Waals surface area contributed by atoms with Gasteiger partial charge in [0.15, 0.2) is 0 Å². The van der Waals surface area contributed by atoms with Crippen LogP contribution in [0.4, 0.5) is 17.1 Å². The van der Waals surface area contributed by atoms with Gasteiger partial charge in [-0.3, -0.25) is 29.7 Å². The molecule has 0 spiro atoms. The molecule has 1 aromatic carbocycles. The van der Waals surface area contributed by atoms with Gasteiger partial charge in [0.05, 0.1) is 22.3 Å². The van der Waals surface area contributed by atoms with E-state index in [0.29, 0.717) is 11.3 Å². The quantitative estimate of drug-likeness (QED) is 0.621. The number of anilines is 1. The van der Waals surface area contributed by atoms with Gasteiger partial charge in [0.2, 0.25) is 5.91 Å². The van der Waals surface area contributed by atoms with Crippen LogP contribution in [0.3, 0.4) is 0 Å². The predicted molar refractivity (Wildman–Crippen MR) is 94.0 cm³/mol. The zero-order chi connectivity index (χ0) is 19.6. The van der Waals surface area contributed by atoms with Gasteiger partial charge < -0.3 is 5.32 Å². The zero-order valence-corrected chi connectivity index (χ0v) is 14.8. The van der Waals surface area contributed by atoms with Crippen LogP contribution in [-0.2, 0) is 11.3 Å². The van der Waals surface area contributed by atoms with Crippen LogP contribution in [0, 0.1) is 46.9 Å². The molecule has 26 heavy (non-hydrogen) atoms. The SMILES string of the molecule is Cc1ccc(NC(=O)C(C)Cn2nc(C)c([N+](=O)[O-])c2C)c([N+](=O)[O-])c1. The number of amides is 1. The minimum Gasteiger partial charge on any atom is -0.320 e. The average molecular weight is 361 g/mol. The number of nitro benzene ring substituents is 1. The molecule has 0 saturated carbocycles. The highest BCUT2D eigenvalue weighted by Gasteiger charge is 2.25. The van der Waals surface area contributed by atoms with Crippen molar-refractivity contribution < 1.29 is 14.6 Å². The largest absolute Gasteiger partial charge is 0.320 e. The number of hydrogen-bond donors (Lipinski definition) is 1. The lowest BCUT2D eigenvalue weighted by molar-refractivity contribution is -0.386. The minimum absolute atomic E-state index is 0.0771. The number of rotatable bonds is 6. The standard InChI is InChI=1S/C16H19N5O5/c1-9-5-6-13(14(7-9)20(23)24)17-16(22)10(2)8-19-12(4)15(21(25)26)11(3)18-19/h5-7,10H,8H2,1-4H3,(H,17,22). The highest BCUT2D eigenvalue weighted by molar-refractivity contribution is 5.94. The van der Waals surface area contributed by atoms with Crippen molar-refractivity contribution in [3.05, 3.63) is 55.4 Å². The van der Waals surface area contributed by atoms with Gasteiger partial charge in [-0.1, -0.05) is 13.0 Å². The second-order valence-electron chi connectivity index (χ2n) is 6.13. The third-order valence-electron chi connectivity index (χ3n) is 4.03. The molecule has 0 saturated heterocycles. The molecule has 0 aliphatic carbocycles. The summed E-state index contributed by atoms with van der Waals surface area (Å²) in [5.41, 5.74) is 1.18. The number of nitrogens with zero attached hydrogens (tertiary/aromatic N) is 4. The highest BCUT2D eigenvalue weighted by Crippen LogP contribution is 2.26. The fourth-order valence-corrected chi connectivity index (χ4v) is 2.63. The Morgan fingerprint density at radius 1 is 1.23 bits per heavy atom. The van der Waals surface area contributed by atoms with Crippen LogP contribution < -0.4 is 5.32 Å². The van der Waals surface area contributed by atoms with E-state index in [2.05, 4.69) is 10.4 Å². The summed E-state index contributed by atoms with van der Waals surface area (Å²) in [6.07, 6.45) is 0. The lowest BCUT2D eigenvalue weighted by atomic mass is 10.1. The maximum absolute atomic E-state index is 12.4. The van der Waals surface area contributed by atoms with E-state index in [1.807, 2.05) is 0 Å². The maximum atomic E-state index is 12.4. The van der Waals surface area contributed by atoms with Crippen LogP contribution in [0.5, 0.6) is 0 Å². The van der Waals surface area contributed by atoms with E-state index in [0.717, 1.165) is 0 Å². The van der Waals surface area contributed by atoms with E-state index in [1.54, 1.807) is 26.8 Å². The van der Waals surface area contributed by atoms with Crippen molar-refractivity contribution in [3.8, 4) is 0 Å². The molecule has 1 unspecified atom stereocenters. The topological polar surface area (TPSA) is 133 Å². The van der Waals surface area contributed by atoms with Crippen LogP contribution in [-0.4, -0.2) is 25.5 Å². The van der Waals surface area contributed by atoms with Crippen molar-refractivity contribution in [3.63, 3.8) is 0 Å². The Morgan fingerprint density at radius 2 is 1.88 bits per heavy atom. The first kappa shape index (κ1) is 19.0. The van der Waals surface area contributed by atoms with E-state index >= 15 is 0 Å². The van der Waals surface area contributed by atoms with Gasteiger partial charge in [0.25, 0.3) is 5.69 Å². The lowest BCUT2D eigenvalue weighted by Gasteiger charge is -2.13. The third-order valence-corrected chi connectivity index (χ3v) is 4.03. The van der Waals surface area contributed by atoms with E-state index < -0.39 is 21.7 Å². The molecule has 1 N–H and O–H groups in total. The van der Waals surface area contributed by atoms with Crippen molar-refractivity contribution in [2.24, 2.45) is 5.92 Å². The lowest BCUT2D eigenvalue weighted by Crippen LogP contribution is -2.25. The number of carbonyl (C=O) groups excluding carboxylic acids is 1. The van der Waals surface area contributed by atoms with Crippen molar-refractivity contribution in [1.29, 1.82) is 0 Å². The second-order valence-corrected chi connectivity index (χ2v) is 6.13. The van der Waals surface area contributed by atoms with Crippen LogP contribution in [0.15, 0.2) is 18.2 Å². The summed E-state index contributed by atoms with van der Waals surface area (Å²) >= 11 is 0. The first-order chi connectivity index (χ1) is 12.1. The van der Waals surface area contributed by atoms with Crippen molar-refractivity contribution in [2.75, 3.05) is 5.32 Å². The van der Waals surface area contributed by atoms with Crippen molar-refractivity contribution >= 4 is 23.0 Å². The number of nitro groups is 2. The Labute approximate surface area is 149 Å². The number of carbonyl (C=O) groups is 1. The van der Waals surface area contributed by atoms with Gasteiger partial charge >= 0.3 is 5.69 Å². The molecule has 1 aromatic heterocycles. The molecule has 0 aliphatic rings. The molecule has 2 aromatic rings. The predicted octanol–water partition coefficient (Wildman–Crippen LogP) is 2.90. The summed E-state index contributed by atoms with van der Waals surface area (Å²) < 4.78 is 1.40. The molecule has 0 bridgehead atoms. The summed E-state index contributed by atoms with van der Waals surface area (Å²) in [7, 11) is 0. The number of aryl methyl sites for hydroxylation is 2. The second kappa shape index (κ2) is 7.30. The van der Waals surface area contributed by atoms with Crippen molar-refractivity contribution in [1.82, 2.24) is 9.78 Å². The smallest absolute Gasteiger partial charge is 0.312 e. The molecule has 10 heteroatoms. The van der Waals surface area contributed by atoms with Crippen LogP contribution >= 0.6 is 0 Å². The molecular weight excluding hydrogens is 342 g/mol. The summed E-state index contributed by atoms with van der Waals surface area (Å²) in [5, 5.41) is 28.8. The molecule has 0 radical (unpaired) electrons. The molecule has 2 rings (SSSR count). The number of nitrogens with one attached hydrogen (secondary N) is 1. The number of benzene rings is 1. The Morgan fingerprint density at radius 3 is 2.42 bits per heavy atom. The van der Waals surface area contributed by atoms with E-state index in [1.165, 1.54) is 23.7 Å². The fourth-order valence-electron chi connectivity index (χ4n) is 2.63. The third kappa shape index (κ3) is 3.85. The van der Waals surface area contributed by atoms with Gasteiger partial charge in [0.1, 0.15) is 17.1 Å². The van der Waals surface area contributed by atoms with Gasteiger partial charge in [-0.2, -0.15) is 5.10 Å². The fraction of sp³-hybridized carbons (Fsp3) is 0.375. The molecule has 1 atom stereocenters. The highest BCUT2D eigenvalue weighted by atomic mass is 16.6. The first-order valence-electron chi connectivity index (χ1n) is 7.86. The van der Waals surface area contributed by atoms with Gasteiger partial charge in [-0.25, -0.2) is 0 Å². The van der Waals surface area contributed by atoms with Crippen molar-refractivity contribution in [2.45, 2.75) is 34.2 Å². The van der Waals surface area contributed by atoms with Gasteiger partial charge in [0, 0.05) is 6.07 Å². The molecule has 1 amide bonds. The number of aromatic nitrogens is 2. The van der Waals surface area contributed by atoms with E-state index in [-0.39, 0.29) is 29.3 Å². The Kier molecular flexibility index (Phi) is 5.34. The van der Waals surface area contributed by atoms with Crippen LogP contribution in [0.2, 0.25) is 0 Å². The monoisotopic (exact) mass is 361 g/mol. The normalized spacial score (nSPS) is 11.8. The Bertz CT molecular complexity index is 889. The van der Waals surface area contributed by atoms with E-state index in [9.17, 15) is 25.0 Å². The average Bonchev–Trinajstić information content (AvgIpc) is 2.82. The molecule has 1 heterocycles. The summed E-state index contributed by atoms with van der Waals surface area (Å²) in [6, 6.07) is 4.52. The molecule has 0 fully saturated rings. The zero-order valence-electron chi connectivity index (χ0n) is 14.8. The molecule has 138 valence electrons. The number of hydrogen-bond acceptors (Lipinski definition) is 6. The van der Waals surface area contributed by atoms with Crippen LogP contribution in [0.25, 0.3) is 0 Å². The summed E-state index contributed by atoms with van der Waals surface area (Å²) in [4.78, 5) is 33.5. The first-order valence-corrected chi connectivity index (χ1v) is 7.86. The van der Waals surface area contributed by atoms with Gasteiger partial charge in [-0.05, 0) is 32.4 Å². The van der Waals surface area contributed by atoms with Crippen LogP contribution in [0.1, 0.15) is 23.9 Å². The Hall–Kier alpha value is -3.30. The van der Waals surface area contributed by atoms with Gasteiger partial charge in [-0.15, -0.1) is 0 Å². The molecular formula is C16H19N5O5. The molecule has 10 nitrogen and oxygen atoms in total. The minimum atomic E-state index is -0.603. The maximum Gasteiger partial charge on any atom is 0.312 e.